The van der Waals surface area contributed by atoms with Gasteiger partial charge in [-0.3, -0.25) is 9.59 Å². The molecule has 6 N–H and O–H groups in total. The average Bonchev–Trinajstić information content (AvgIpc) is 2.63. The summed E-state index contributed by atoms with van der Waals surface area (Å²) in [4.78, 5) is 43.7. The summed E-state index contributed by atoms with van der Waals surface area (Å²) in [7, 11) is 0. The van der Waals surface area contributed by atoms with Gasteiger partial charge in [0.25, 0.3) is 0 Å². The molecule has 162 valence electrons. The van der Waals surface area contributed by atoms with Crippen molar-refractivity contribution < 1.29 is 29.4 Å². The van der Waals surface area contributed by atoms with E-state index >= 15 is 0 Å². The number of urea groups is 2. The third-order valence-corrected chi connectivity index (χ3v) is 3.88. The molecule has 0 radical (unpaired) electrons. The monoisotopic (exact) mass is 402 g/mol. The fraction of sp³-hybridized carbons (Fsp3) is 0.778. The van der Waals surface area contributed by atoms with Gasteiger partial charge in [0.15, 0.2) is 0 Å². The number of aliphatic carboxylic acids is 2. The predicted octanol–water partition coefficient (Wildman–Crippen LogP) is 1.66. The second-order valence-corrected chi connectivity index (χ2v) is 6.48. The highest BCUT2D eigenvalue weighted by molar-refractivity contribution is 5.74. The van der Waals surface area contributed by atoms with Crippen molar-refractivity contribution in [1.29, 1.82) is 0 Å². The molecule has 0 fully saturated rings. The van der Waals surface area contributed by atoms with Gasteiger partial charge in [-0.25, -0.2) is 9.59 Å². The van der Waals surface area contributed by atoms with Gasteiger partial charge >= 0.3 is 24.0 Å². The van der Waals surface area contributed by atoms with Crippen molar-refractivity contribution >= 4 is 24.0 Å². The third kappa shape index (κ3) is 19.8. The van der Waals surface area contributed by atoms with Crippen LogP contribution in [-0.4, -0.2) is 60.4 Å². The van der Waals surface area contributed by atoms with Crippen molar-refractivity contribution in [3.05, 3.63) is 0 Å². The molecule has 0 saturated carbocycles. The number of hydrogen-bond donors (Lipinski definition) is 6. The number of carboxylic acid groups (broad SMARTS) is 2. The minimum Gasteiger partial charge on any atom is -0.481 e. The molecular formula is C18H34N4O6. The van der Waals surface area contributed by atoms with E-state index in [-0.39, 0.29) is 24.9 Å². The lowest BCUT2D eigenvalue weighted by Gasteiger charge is -2.09. The van der Waals surface area contributed by atoms with Crippen LogP contribution < -0.4 is 21.3 Å². The number of unbranched alkanes of at least 4 members (excludes halogenated alkanes) is 5. The molecule has 0 aromatic heterocycles. The summed E-state index contributed by atoms with van der Waals surface area (Å²) < 4.78 is 0. The summed E-state index contributed by atoms with van der Waals surface area (Å²) in [5.74, 6) is -1.60. The first-order valence-corrected chi connectivity index (χ1v) is 9.89. The van der Waals surface area contributed by atoms with E-state index in [9.17, 15) is 19.2 Å². The van der Waals surface area contributed by atoms with E-state index in [0.717, 1.165) is 38.5 Å². The van der Waals surface area contributed by atoms with Crippen LogP contribution in [0.4, 0.5) is 9.59 Å². The lowest BCUT2D eigenvalue weighted by atomic mass is 10.2. The van der Waals surface area contributed by atoms with Crippen LogP contribution in [0.3, 0.4) is 0 Å². The predicted molar refractivity (Wildman–Crippen MR) is 104 cm³/mol. The molecule has 10 nitrogen and oxygen atoms in total. The van der Waals surface area contributed by atoms with E-state index in [1.54, 1.807) is 0 Å². The molecule has 4 amide bonds. The molecule has 0 spiro atoms. The third-order valence-electron chi connectivity index (χ3n) is 3.88. The van der Waals surface area contributed by atoms with E-state index in [1.165, 1.54) is 0 Å². The maximum Gasteiger partial charge on any atom is 0.314 e. The molecule has 0 aromatic carbocycles. The molecule has 0 aliphatic carbocycles. The van der Waals surface area contributed by atoms with Crippen LogP contribution in [0.15, 0.2) is 0 Å². The van der Waals surface area contributed by atoms with Crippen LogP contribution in [-0.2, 0) is 9.59 Å². The molecular weight excluding hydrogens is 368 g/mol. The first-order valence-electron chi connectivity index (χ1n) is 9.89. The Morgan fingerprint density at radius 3 is 1.04 bits per heavy atom. The first-order chi connectivity index (χ1) is 13.4. The number of hydrogen-bond acceptors (Lipinski definition) is 4. The lowest BCUT2D eigenvalue weighted by molar-refractivity contribution is -0.138. The lowest BCUT2D eigenvalue weighted by Crippen LogP contribution is -2.38. The molecule has 10 heteroatoms. The standard InChI is InChI=1S/C18H34N4O6/c23-15(24)9-3-1-5-11-19-17(27)21-13-7-8-14-22-18(28)20-12-6-2-4-10-16(25)26/h1-14H2,(H,23,24)(H,25,26)(H2,19,21,27)(H2,20,22,28). The Bertz CT molecular complexity index is 431. The van der Waals surface area contributed by atoms with Crippen LogP contribution in [0.2, 0.25) is 0 Å². The largest absolute Gasteiger partial charge is 0.481 e. The number of nitrogens with one attached hydrogen (secondary N) is 4. The summed E-state index contributed by atoms with van der Waals surface area (Å²) in [6, 6.07) is -0.487. The van der Waals surface area contributed by atoms with E-state index in [0.29, 0.717) is 39.0 Å². The van der Waals surface area contributed by atoms with Crippen LogP contribution in [0.5, 0.6) is 0 Å². The number of carbonyl (C=O) groups excluding carboxylic acids is 2. The highest BCUT2D eigenvalue weighted by Gasteiger charge is 2.02. The fourth-order valence-corrected chi connectivity index (χ4v) is 2.34. The van der Waals surface area contributed by atoms with Crippen molar-refractivity contribution in [3.8, 4) is 0 Å². The maximum absolute atomic E-state index is 11.5. The fourth-order valence-electron chi connectivity index (χ4n) is 2.34. The molecule has 0 aromatic rings. The number of carboxylic acids is 2. The molecule has 0 rings (SSSR count). The highest BCUT2D eigenvalue weighted by Crippen LogP contribution is 1.99. The second kappa shape index (κ2) is 17.9. The van der Waals surface area contributed by atoms with Gasteiger partial charge in [0.05, 0.1) is 0 Å². The quantitative estimate of drug-likeness (QED) is 0.203. The Kier molecular flexibility index (Phi) is 16.3. The Labute approximate surface area is 165 Å². The average molecular weight is 402 g/mol. The van der Waals surface area contributed by atoms with Gasteiger partial charge in [0, 0.05) is 39.0 Å². The molecule has 0 atom stereocenters. The normalized spacial score (nSPS) is 10.1. The number of rotatable bonds is 17. The van der Waals surface area contributed by atoms with Crippen molar-refractivity contribution in [2.75, 3.05) is 26.2 Å². The van der Waals surface area contributed by atoms with Crippen molar-refractivity contribution in [3.63, 3.8) is 0 Å². The Morgan fingerprint density at radius 2 is 0.750 bits per heavy atom. The Morgan fingerprint density at radius 1 is 0.464 bits per heavy atom. The van der Waals surface area contributed by atoms with Crippen LogP contribution in [0, 0.1) is 0 Å². The zero-order chi connectivity index (χ0) is 21.0. The first kappa shape index (κ1) is 25.5. The SMILES string of the molecule is O=C(O)CCCCCNC(=O)NCCCCNC(=O)NCCCCCC(=O)O. The summed E-state index contributed by atoms with van der Waals surface area (Å²) in [5.41, 5.74) is 0. The zero-order valence-corrected chi connectivity index (χ0v) is 16.4. The summed E-state index contributed by atoms with van der Waals surface area (Å²) in [6.45, 7) is 2.06. The van der Waals surface area contributed by atoms with E-state index in [1.807, 2.05) is 0 Å². The Hall–Kier alpha value is -2.52. The van der Waals surface area contributed by atoms with Gasteiger partial charge < -0.3 is 31.5 Å². The van der Waals surface area contributed by atoms with Gasteiger partial charge in [-0.05, 0) is 38.5 Å². The minimum absolute atomic E-state index is 0.158. The summed E-state index contributed by atoms with van der Waals surface area (Å²) >= 11 is 0. The van der Waals surface area contributed by atoms with Crippen LogP contribution >= 0.6 is 0 Å². The number of carbonyl (C=O) groups is 4. The van der Waals surface area contributed by atoms with Crippen molar-refractivity contribution in [2.45, 2.75) is 64.2 Å². The molecule has 0 heterocycles. The van der Waals surface area contributed by atoms with E-state index < -0.39 is 11.9 Å². The van der Waals surface area contributed by atoms with Gasteiger partial charge in [-0.1, -0.05) is 12.8 Å². The molecule has 0 unspecified atom stereocenters. The topological polar surface area (TPSA) is 157 Å². The zero-order valence-electron chi connectivity index (χ0n) is 16.4. The van der Waals surface area contributed by atoms with E-state index in [4.69, 9.17) is 10.2 Å². The smallest absolute Gasteiger partial charge is 0.314 e. The molecule has 0 saturated heterocycles. The van der Waals surface area contributed by atoms with Crippen LogP contribution in [0.1, 0.15) is 64.2 Å². The van der Waals surface area contributed by atoms with Gasteiger partial charge in [0.1, 0.15) is 0 Å². The van der Waals surface area contributed by atoms with Crippen molar-refractivity contribution in [1.82, 2.24) is 21.3 Å². The summed E-state index contributed by atoms with van der Waals surface area (Å²) in [5, 5.41) is 27.9. The van der Waals surface area contributed by atoms with Gasteiger partial charge in [-0.2, -0.15) is 0 Å². The molecule has 0 aliphatic heterocycles. The minimum atomic E-state index is -0.800. The van der Waals surface area contributed by atoms with Crippen molar-refractivity contribution in [2.24, 2.45) is 0 Å². The Balaban J connectivity index is 3.34. The van der Waals surface area contributed by atoms with Gasteiger partial charge in [0.2, 0.25) is 0 Å². The molecule has 0 aliphatic rings. The van der Waals surface area contributed by atoms with Gasteiger partial charge in [-0.15, -0.1) is 0 Å². The molecule has 28 heavy (non-hydrogen) atoms. The highest BCUT2D eigenvalue weighted by atomic mass is 16.4. The molecule has 0 bridgehead atoms. The van der Waals surface area contributed by atoms with Crippen LogP contribution in [0.25, 0.3) is 0 Å². The van der Waals surface area contributed by atoms with E-state index in [2.05, 4.69) is 21.3 Å². The summed E-state index contributed by atoms with van der Waals surface area (Å²) in [6.07, 6.45) is 6.05. The number of amides is 4. The maximum atomic E-state index is 11.5. The second-order valence-electron chi connectivity index (χ2n) is 6.48.